The van der Waals surface area contributed by atoms with Gasteiger partial charge < -0.3 is 0 Å². The van der Waals surface area contributed by atoms with Gasteiger partial charge in [0.2, 0.25) is 0 Å². The molecule has 0 aliphatic carbocycles. The SMILES string of the molecule is C=C.C=NC(=NC)c1nc(-c2sc(-c3cncnc3)nc2C)cc2sccc12. The number of nitrogens with zero attached hydrogens (tertiary/aromatic N) is 6. The number of thiazole rings is 1. The second kappa shape index (κ2) is 8.73. The first-order chi connectivity index (χ1) is 13.7. The fourth-order valence-electron chi connectivity index (χ4n) is 2.67. The molecule has 0 aliphatic heterocycles. The lowest BCUT2D eigenvalue weighted by Gasteiger charge is -2.05. The van der Waals surface area contributed by atoms with Gasteiger partial charge in [-0.05, 0) is 31.2 Å². The summed E-state index contributed by atoms with van der Waals surface area (Å²) in [6.07, 6.45) is 5.04. The number of rotatable bonds is 3. The summed E-state index contributed by atoms with van der Waals surface area (Å²) in [6.45, 7) is 11.6. The van der Waals surface area contributed by atoms with E-state index in [1.54, 1.807) is 42.1 Å². The molecule has 6 nitrogen and oxygen atoms in total. The first-order valence-corrected chi connectivity index (χ1v) is 9.96. The van der Waals surface area contributed by atoms with Gasteiger partial charge in [-0.3, -0.25) is 4.99 Å². The Balaban J connectivity index is 0.00000109. The maximum absolute atomic E-state index is 4.83. The zero-order chi connectivity index (χ0) is 20.1. The van der Waals surface area contributed by atoms with Crippen LogP contribution in [0.15, 0.2) is 59.4 Å². The molecule has 0 bridgehead atoms. The highest BCUT2D eigenvalue weighted by molar-refractivity contribution is 7.19. The average molecular weight is 407 g/mol. The van der Waals surface area contributed by atoms with Gasteiger partial charge in [-0.15, -0.1) is 35.8 Å². The molecule has 8 heteroatoms. The standard InChI is InChI=1S/C18H14N6S2.C2H4/c1-10-16(26-18(23-10)11-7-21-9-22-8-11)13-6-14-12(4-5-25-14)15(24-13)17(19-2)20-3;1-2/h4-9H,2H2,1,3H3;1-2H2. The summed E-state index contributed by atoms with van der Waals surface area (Å²) in [5.41, 5.74) is 3.42. The number of thiophene rings is 1. The molecule has 0 fully saturated rings. The molecule has 0 N–H and O–H groups in total. The van der Waals surface area contributed by atoms with Crippen LogP contribution in [0.3, 0.4) is 0 Å². The molecule has 0 atom stereocenters. The Hall–Kier alpha value is -3.10. The number of aryl methyl sites for hydroxylation is 1. The molecule has 0 aliphatic rings. The molecule has 0 spiro atoms. The molecular formula is C20H18N6S2. The Morgan fingerprint density at radius 1 is 1.14 bits per heavy atom. The predicted octanol–water partition coefficient (Wildman–Crippen LogP) is 5.06. The highest BCUT2D eigenvalue weighted by atomic mass is 32.1. The van der Waals surface area contributed by atoms with Gasteiger partial charge >= 0.3 is 0 Å². The van der Waals surface area contributed by atoms with E-state index in [9.17, 15) is 0 Å². The van der Waals surface area contributed by atoms with Gasteiger partial charge in [0.25, 0.3) is 0 Å². The van der Waals surface area contributed by atoms with Crippen LogP contribution in [0.25, 0.3) is 31.2 Å². The second-order valence-corrected chi connectivity index (χ2v) is 7.40. The van der Waals surface area contributed by atoms with Crippen molar-refractivity contribution in [2.45, 2.75) is 6.92 Å². The number of hydrogen-bond donors (Lipinski definition) is 0. The predicted molar refractivity (Wildman–Crippen MR) is 120 cm³/mol. The lowest BCUT2D eigenvalue weighted by atomic mass is 10.2. The summed E-state index contributed by atoms with van der Waals surface area (Å²) in [5, 5.41) is 3.95. The van der Waals surface area contributed by atoms with Crippen LogP contribution in [-0.2, 0) is 0 Å². The number of fused-ring (bicyclic) bond motifs is 1. The third-order valence-corrected chi connectivity index (χ3v) is 5.95. The van der Waals surface area contributed by atoms with Crippen LogP contribution in [0.1, 0.15) is 11.4 Å². The van der Waals surface area contributed by atoms with Gasteiger partial charge in [-0.2, -0.15) is 0 Å². The number of aliphatic imine (C=N–C) groups is 2. The van der Waals surface area contributed by atoms with E-state index in [0.717, 1.165) is 42.6 Å². The quantitative estimate of drug-likeness (QED) is 0.271. The first-order valence-electron chi connectivity index (χ1n) is 8.26. The van der Waals surface area contributed by atoms with Crippen LogP contribution in [0, 0.1) is 6.92 Å². The van der Waals surface area contributed by atoms with Gasteiger partial charge in [-0.25, -0.2) is 24.9 Å². The molecular weight excluding hydrogens is 388 g/mol. The second-order valence-electron chi connectivity index (χ2n) is 5.45. The molecule has 0 amide bonds. The van der Waals surface area contributed by atoms with Crippen molar-refractivity contribution in [3.8, 4) is 21.1 Å². The summed E-state index contributed by atoms with van der Waals surface area (Å²) >= 11 is 3.24. The number of pyridine rings is 1. The van der Waals surface area contributed by atoms with Crippen LogP contribution < -0.4 is 0 Å². The van der Waals surface area contributed by atoms with Crippen molar-refractivity contribution < 1.29 is 0 Å². The van der Waals surface area contributed by atoms with E-state index in [-0.39, 0.29) is 0 Å². The van der Waals surface area contributed by atoms with Crippen LogP contribution in [0.5, 0.6) is 0 Å². The van der Waals surface area contributed by atoms with Crippen molar-refractivity contribution in [3.05, 3.63) is 60.8 Å². The van der Waals surface area contributed by atoms with E-state index in [1.807, 2.05) is 18.4 Å². The molecule has 140 valence electrons. The molecule has 0 radical (unpaired) electrons. The number of aromatic nitrogens is 4. The lowest BCUT2D eigenvalue weighted by molar-refractivity contribution is 1.16. The zero-order valence-electron chi connectivity index (χ0n) is 15.6. The maximum atomic E-state index is 4.83. The normalized spacial score (nSPS) is 11.1. The fourth-order valence-corrected chi connectivity index (χ4v) is 4.49. The maximum Gasteiger partial charge on any atom is 0.173 e. The van der Waals surface area contributed by atoms with Gasteiger partial charge in [0.1, 0.15) is 17.0 Å². The van der Waals surface area contributed by atoms with Gasteiger partial charge in [-0.1, -0.05) is 0 Å². The molecule has 0 aromatic carbocycles. The smallest absolute Gasteiger partial charge is 0.173 e. The highest BCUT2D eigenvalue weighted by Crippen LogP contribution is 2.36. The molecule has 0 unspecified atom stereocenters. The van der Waals surface area contributed by atoms with Crippen LogP contribution in [0.2, 0.25) is 0 Å². The van der Waals surface area contributed by atoms with E-state index in [2.05, 4.69) is 50.9 Å². The third-order valence-electron chi connectivity index (χ3n) is 3.86. The molecule has 0 saturated heterocycles. The van der Waals surface area contributed by atoms with Crippen molar-refractivity contribution in [2.75, 3.05) is 7.05 Å². The van der Waals surface area contributed by atoms with Crippen LogP contribution >= 0.6 is 22.7 Å². The topological polar surface area (TPSA) is 76.3 Å². The summed E-state index contributed by atoms with van der Waals surface area (Å²) in [4.78, 5) is 26.9. The highest BCUT2D eigenvalue weighted by Gasteiger charge is 2.17. The van der Waals surface area contributed by atoms with Crippen molar-refractivity contribution in [1.82, 2.24) is 19.9 Å². The Labute approximate surface area is 171 Å². The summed E-state index contributed by atoms with van der Waals surface area (Å²) in [7, 11) is 1.70. The lowest BCUT2D eigenvalue weighted by Crippen LogP contribution is -2.02. The van der Waals surface area contributed by atoms with Gasteiger partial charge in [0, 0.05) is 35.1 Å². The summed E-state index contributed by atoms with van der Waals surface area (Å²) in [5.74, 6) is 0.536. The Bertz CT molecular complexity index is 1140. The summed E-state index contributed by atoms with van der Waals surface area (Å²) < 4.78 is 1.13. The minimum absolute atomic E-state index is 0.536. The Kier molecular flexibility index (Phi) is 6.13. The monoisotopic (exact) mass is 406 g/mol. The number of hydrogen-bond acceptors (Lipinski definition) is 7. The fraction of sp³-hybridized carbons (Fsp3) is 0.100. The van der Waals surface area contributed by atoms with Gasteiger partial charge in [0.15, 0.2) is 5.84 Å². The first kappa shape index (κ1) is 19.7. The van der Waals surface area contributed by atoms with E-state index >= 15 is 0 Å². The molecule has 28 heavy (non-hydrogen) atoms. The van der Waals surface area contributed by atoms with Crippen molar-refractivity contribution in [3.63, 3.8) is 0 Å². The largest absolute Gasteiger partial charge is 0.268 e. The molecule has 4 aromatic heterocycles. The van der Waals surface area contributed by atoms with E-state index in [4.69, 9.17) is 4.98 Å². The van der Waals surface area contributed by atoms with Crippen molar-refractivity contribution >= 4 is 45.3 Å². The number of amidine groups is 1. The zero-order valence-corrected chi connectivity index (χ0v) is 17.2. The van der Waals surface area contributed by atoms with Gasteiger partial charge in [0.05, 0.1) is 16.3 Å². The van der Waals surface area contributed by atoms with Crippen LogP contribution in [0.4, 0.5) is 0 Å². The minimum Gasteiger partial charge on any atom is -0.268 e. The van der Waals surface area contributed by atoms with Crippen molar-refractivity contribution in [1.29, 1.82) is 0 Å². The molecule has 4 rings (SSSR count). The molecule has 4 heterocycles. The van der Waals surface area contributed by atoms with E-state index in [0.29, 0.717) is 5.84 Å². The van der Waals surface area contributed by atoms with E-state index < -0.39 is 0 Å². The average Bonchev–Trinajstić information content (AvgIpc) is 3.37. The minimum atomic E-state index is 0.536. The third kappa shape index (κ3) is 3.64. The molecule has 4 aromatic rings. The van der Waals surface area contributed by atoms with Crippen molar-refractivity contribution in [2.24, 2.45) is 9.98 Å². The molecule has 0 saturated carbocycles. The van der Waals surface area contributed by atoms with E-state index in [1.165, 1.54) is 6.33 Å². The van der Waals surface area contributed by atoms with Crippen LogP contribution in [-0.4, -0.2) is 39.5 Å². The Morgan fingerprint density at radius 2 is 1.89 bits per heavy atom. The Morgan fingerprint density at radius 3 is 2.57 bits per heavy atom. The summed E-state index contributed by atoms with van der Waals surface area (Å²) in [6, 6.07) is 4.13.